The Balaban J connectivity index is 1.54. The number of primary amides is 1. The van der Waals surface area contributed by atoms with E-state index in [4.69, 9.17) is 10.5 Å². The van der Waals surface area contributed by atoms with E-state index in [0.29, 0.717) is 17.7 Å². The molecule has 1 aliphatic heterocycles. The van der Waals surface area contributed by atoms with Crippen molar-refractivity contribution < 1.29 is 19.1 Å². The van der Waals surface area contributed by atoms with E-state index in [1.165, 1.54) is 0 Å². The van der Waals surface area contributed by atoms with E-state index in [0.717, 1.165) is 12.8 Å². The maximum Gasteiger partial charge on any atom is 0.236 e. The van der Waals surface area contributed by atoms with Crippen LogP contribution in [0.15, 0.2) is 24.3 Å². The minimum atomic E-state index is -0.565. The van der Waals surface area contributed by atoms with Gasteiger partial charge in [-0.3, -0.25) is 14.4 Å². The van der Waals surface area contributed by atoms with Crippen LogP contribution in [0.4, 0.5) is 0 Å². The Labute approximate surface area is 133 Å². The lowest BCUT2D eigenvalue weighted by atomic mass is 9.84. The molecular weight excluding hydrogens is 296 g/mol. The second kappa shape index (κ2) is 4.81. The van der Waals surface area contributed by atoms with Crippen LogP contribution in [-0.2, 0) is 9.59 Å². The van der Waals surface area contributed by atoms with Gasteiger partial charge in [0.1, 0.15) is 11.4 Å². The number of nitrogens with two attached hydrogens (primary N) is 1. The molecule has 1 aromatic rings. The van der Waals surface area contributed by atoms with Crippen molar-refractivity contribution in [1.29, 1.82) is 0 Å². The lowest BCUT2D eigenvalue weighted by Crippen LogP contribution is -2.45. The Morgan fingerprint density at radius 3 is 2.91 bits per heavy atom. The molecule has 2 fully saturated rings. The number of benzene rings is 1. The maximum absolute atomic E-state index is 12.5. The first-order valence-corrected chi connectivity index (χ1v) is 7.89. The van der Waals surface area contributed by atoms with Crippen molar-refractivity contribution in [3.8, 4) is 5.75 Å². The van der Waals surface area contributed by atoms with E-state index < -0.39 is 11.5 Å². The van der Waals surface area contributed by atoms with Crippen LogP contribution in [0.1, 0.15) is 29.6 Å². The highest BCUT2D eigenvalue weighted by Crippen LogP contribution is 2.65. The smallest absolute Gasteiger partial charge is 0.236 e. The number of ketones is 1. The minimum Gasteiger partial charge on any atom is -0.486 e. The van der Waals surface area contributed by atoms with Gasteiger partial charge in [0.25, 0.3) is 0 Å². The minimum absolute atomic E-state index is 0.0488. The Morgan fingerprint density at radius 2 is 2.13 bits per heavy atom. The van der Waals surface area contributed by atoms with Crippen LogP contribution in [0.5, 0.6) is 5.75 Å². The number of nitrogens with one attached hydrogen (secondary N) is 1. The van der Waals surface area contributed by atoms with Gasteiger partial charge in [0.15, 0.2) is 5.78 Å². The van der Waals surface area contributed by atoms with Crippen molar-refractivity contribution in [3.63, 3.8) is 0 Å². The molecule has 0 bridgehead atoms. The number of carbonyl (C=O) groups is 3. The molecule has 4 atom stereocenters. The van der Waals surface area contributed by atoms with E-state index in [1.807, 2.05) is 18.2 Å². The van der Waals surface area contributed by atoms with Crippen LogP contribution in [0, 0.1) is 17.8 Å². The highest BCUT2D eigenvalue weighted by Gasteiger charge is 2.70. The van der Waals surface area contributed by atoms with Gasteiger partial charge in [-0.1, -0.05) is 12.1 Å². The summed E-state index contributed by atoms with van der Waals surface area (Å²) in [6.45, 7) is -0.148. The summed E-state index contributed by atoms with van der Waals surface area (Å²) in [4.78, 5) is 35.5. The zero-order valence-electron chi connectivity index (χ0n) is 12.6. The van der Waals surface area contributed by atoms with Crippen molar-refractivity contribution >= 4 is 17.6 Å². The van der Waals surface area contributed by atoms with Crippen LogP contribution in [0.25, 0.3) is 0 Å². The number of amides is 2. The highest BCUT2D eigenvalue weighted by molar-refractivity contribution is 6.00. The second-order valence-electron chi connectivity index (χ2n) is 6.70. The van der Waals surface area contributed by atoms with Gasteiger partial charge in [-0.25, -0.2) is 0 Å². The first-order chi connectivity index (χ1) is 11.0. The van der Waals surface area contributed by atoms with Crippen LogP contribution < -0.4 is 15.8 Å². The first kappa shape index (κ1) is 14.2. The van der Waals surface area contributed by atoms with Crippen LogP contribution in [-0.4, -0.2) is 29.7 Å². The predicted molar refractivity (Wildman–Crippen MR) is 80.7 cm³/mol. The first-order valence-electron chi connectivity index (χ1n) is 7.89. The fraction of sp³-hybridized carbons (Fsp3) is 0.471. The van der Waals surface area contributed by atoms with Crippen LogP contribution in [0.2, 0.25) is 0 Å². The van der Waals surface area contributed by atoms with Crippen LogP contribution in [0.3, 0.4) is 0 Å². The number of carbonyl (C=O) groups excluding carboxylic acids is 3. The summed E-state index contributed by atoms with van der Waals surface area (Å²) in [6.07, 6.45) is 1.99. The number of Topliss-reactive ketones (excluding diaryl/α,β-unsaturated/α-hetero) is 1. The quantitative estimate of drug-likeness (QED) is 0.855. The van der Waals surface area contributed by atoms with E-state index in [2.05, 4.69) is 5.32 Å². The molecule has 2 amide bonds. The summed E-state index contributed by atoms with van der Waals surface area (Å²) < 4.78 is 6.22. The Kier molecular flexibility index (Phi) is 2.98. The lowest BCUT2D eigenvalue weighted by Gasteiger charge is -2.37. The summed E-state index contributed by atoms with van der Waals surface area (Å²) in [5.41, 5.74) is 5.12. The number of hydrogen-bond donors (Lipinski definition) is 2. The van der Waals surface area contributed by atoms with Crippen molar-refractivity contribution in [2.75, 3.05) is 6.54 Å². The molecule has 0 aromatic heterocycles. The Hall–Kier alpha value is -2.37. The predicted octanol–water partition coefficient (Wildman–Crippen LogP) is 0.648. The monoisotopic (exact) mass is 314 g/mol. The third-order valence-corrected chi connectivity index (χ3v) is 5.38. The van der Waals surface area contributed by atoms with Crippen molar-refractivity contribution in [3.05, 3.63) is 29.8 Å². The number of rotatable bonds is 3. The molecular formula is C17H18N2O4. The third-order valence-electron chi connectivity index (χ3n) is 5.38. The Morgan fingerprint density at radius 1 is 1.35 bits per heavy atom. The highest BCUT2D eigenvalue weighted by atomic mass is 16.5. The Bertz CT molecular complexity index is 716. The van der Waals surface area contributed by atoms with Crippen molar-refractivity contribution in [2.45, 2.75) is 24.9 Å². The van der Waals surface area contributed by atoms with Gasteiger partial charge >= 0.3 is 0 Å². The van der Waals surface area contributed by atoms with Crippen molar-refractivity contribution in [1.82, 2.24) is 5.32 Å². The standard InChI is InChI=1S/C17H18N2O4/c18-13(21)8-19-16(22)14-10-5-6-17(15(10)14)7-11(20)9-3-1-2-4-12(9)23-17/h1-4,10,14-15H,5-8H2,(H2,18,21)(H,19,22)/t10-,14+,15+,17-/m0/s1. The normalized spacial score (nSPS) is 33.6. The van der Waals surface area contributed by atoms with E-state index in [-0.39, 0.29) is 36.0 Å². The number of hydrogen-bond acceptors (Lipinski definition) is 4. The lowest BCUT2D eigenvalue weighted by molar-refractivity contribution is -0.127. The van der Waals surface area contributed by atoms with Gasteiger partial charge in [-0.15, -0.1) is 0 Å². The maximum atomic E-state index is 12.5. The zero-order chi connectivity index (χ0) is 16.2. The molecule has 0 saturated heterocycles. The number of para-hydroxylation sites is 1. The van der Waals surface area contributed by atoms with E-state index in [1.54, 1.807) is 6.07 Å². The van der Waals surface area contributed by atoms with Gasteiger partial charge in [-0.2, -0.15) is 0 Å². The summed E-state index contributed by atoms with van der Waals surface area (Å²) in [5, 5.41) is 2.57. The molecule has 0 unspecified atom stereocenters. The SMILES string of the molecule is NC(=O)CNC(=O)[C@@H]1[C@@H]2CC[C@]3(CC(=O)c4ccccc4O3)[C@H]21. The molecule has 2 aliphatic carbocycles. The summed E-state index contributed by atoms with van der Waals surface area (Å²) in [5.74, 6) is 0.0859. The fourth-order valence-corrected chi connectivity index (χ4v) is 4.41. The van der Waals surface area contributed by atoms with Gasteiger partial charge in [0.2, 0.25) is 11.8 Å². The molecule has 1 spiro atoms. The molecule has 1 heterocycles. The van der Waals surface area contributed by atoms with Gasteiger partial charge in [0.05, 0.1) is 18.5 Å². The average Bonchev–Trinajstić information content (AvgIpc) is 3.17. The molecule has 120 valence electrons. The largest absolute Gasteiger partial charge is 0.486 e. The number of fused-ring (bicyclic) bond motifs is 3. The molecule has 6 heteroatoms. The van der Waals surface area contributed by atoms with E-state index in [9.17, 15) is 14.4 Å². The molecule has 4 rings (SSSR count). The zero-order valence-corrected chi connectivity index (χ0v) is 12.6. The summed E-state index contributed by atoms with van der Waals surface area (Å²) in [6, 6.07) is 7.27. The molecule has 1 aromatic carbocycles. The van der Waals surface area contributed by atoms with Gasteiger partial charge in [0, 0.05) is 11.8 Å². The third kappa shape index (κ3) is 2.12. The average molecular weight is 314 g/mol. The van der Waals surface area contributed by atoms with Crippen molar-refractivity contribution in [2.24, 2.45) is 23.5 Å². The second-order valence-corrected chi connectivity index (χ2v) is 6.70. The van der Waals surface area contributed by atoms with E-state index >= 15 is 0 Å². The molecule has 6 nitrogen and oxygen atoms in total. The summed E-state index contributed by atoms with van der Waals surface area (Å²) in [7, 11) is 0. The van der Waals surface area contributed by atoms with Gasteiger partial charge < -0.3 is 15.8 Å². The van der Waals surface area contributed by atoms with Gasteiger partial charge in [-0.05, 0) is 30.9 Å². The molecule has 0 radical (unpaired) electrons. The molecule has 3 N–H and O–H groups in total. The number of ether oxygens (including phenoxy) is 1. The summed E-state index contributed by atoms with van der Waals surface area (Å²) >= 11 is 0. The topological polar surface area (TPSA) is 98.5 Å². The van der Waals surface area contributed by atoms with Crippen LogP contribution >= 0.6 is 0 Å². The molecule has 23 heavy (non-hydrogen) atoms. The fourth-order valence-electron chi connectivity index (χ4n) is 4.41. The molecule has 3 aliphatic rings. The molecule has 2 saturated carbocycles.